The number of benzene rings is 1. The van der Waals surface area contributed by atoms with Gasteiger partial charge in [0.15, 0.2) is 0 Å². The maximum Gasteiger partial charge on any atom is 0.318 e. The topological polar surface area (TPSA) is 63.6 Å². The lowest BCUT2D eigenvalue weighted by molar-refractivity contribution is -0.136. The first-order chi connectivity index (χ1) is 7.95. The minimum atomic E-state index is -1.45. The SMILES string of the molecule is COc1ccc(Br)c(CS(=O)C(C)C(=O)O)c1. The summed E-state index contributed by atoms with van der Waals surface area (Å²) in [5.41, 5.74) is 0.774. The molecular weight excluding hydrogens is 308 g/mol. The lowest BCUT2D eigenvalue weighted by Crippen LogP contribution is -2.22. The summed E-state index contributed by atoms with van der Waals surface area (Å²) in [5.74, 6) is -0.212. The lowest BCUT2D eigenvalue weighted by atomic mass is 10.2. The van der Waals surface area contributed by atoms with Crippen LogP contribution in [0.1, 0.15) is 12.5 Å². The zero-order valence-electron chi connectivity index (χ0n) is 9.47. The molecule has 1 N–H and O–H groups in total. The van der Waals surface area contributed by atoms with Crippen LogP contribution < -0.4 is 4.74 Å². The molecule has 0 aliphatic heterocycles. The van der Waals surface area contributed by atoms with Gasteiger partial charge in [-0.25, -0.2) is 0 Å². The molecule has 17 heavy (non-hydrogen) atoms. The van der Waals surface area contributed by atoms with Crippen LogP contribution in [0.25, 0.3) is 0 Å². The smallest absolute Gasteiger partial charge is 0.318 e. The largest absolute Gasteiger partial charge is 0.497 e. The van der Waals surface area contributed by atoms with E-state index in [1.54, 1.807) is 25.3 Å². The molecular formula is C11H13BrO4S. The van der Waals surface area contributed by atoms with E-state index in [0.717, 1.165) is 10.0 Å². The Morgan fingerprint density at radius 2 is 2.24 bits per heavy atom. The summed E-state index contributed by atoms with van der Waals surface area (Å²) in [6, 6.07) is 5.31. The fourth-order valence-corrected chi connectivity index (χ4v) is 2.77. The summed E-state index contributed by atoms with van der Waals surface area (Å²) in [6.07, 6.45) is 0. The van der Waals surface area contributed by atoms with E-state index < -0.39 is 22.0 Å². The fourth-order valence-electron chi connectivity index (χ4n) is 1.18. The standard InChI is InChI=1S/C11H13BrO4S/c1-7(11(13)14)17(15)6-8-5-9(16-2)3-4-10(8)12/h3-5,7H,6H2,1-2H3,(H,13,14). The second-order valence-electron chi connectivity index (χ2n) is 3.46. The molecule has 0 aliphatic rings. The average molecular weight is 321 g/mol. The Bertz CT molecular complexity index is 447. The lowest BCUT2D eigenvalue weighted by Gasteiger charge is -2.09. The van der Waals surface area contributed by atoms with Gasteiger partial charge >= 0.3 is 5.97 Å². The van der Waals surface area contributed by atoms with Crippen molar-refractivity contribution in [2.24, 2.45) is 0 Å². The first-order valence-corrected chi connectivity index (χ1v) is 7.05. The third-order valence-corrected chi connectivity index (χ3v) is 4.65. The maximum atomic E-state index is 11.8. The van der Waals surface area contributed by atoms with Crippen LogP contribution in [0.15, 0.2) is 22.7 Å². The van der Waals surface area contributed by atoms with Crippen molar-refractivity contribution >= 4 is 32.7 Å². The Morgan fingerprint density at radius 3 is 2.76 bits per heavy atom. The molecule has 1 aromatic rings. The highest BCUT2D eigenvalue weighted by atomic mass is 79.9. The van der Waals surface area contributed by atoms with E-state index in [1.807, 2.05) is 0 Å². The highest BCUT2D eigenvalue weighted by Crippen LogP contribution is 2.24. The summed E-state index contributed by atoms with van der Waals surface area (Å²) >= 11 is 3.34. The van der Waals surface area contributed by atoms with Crippen molar-refractivity contribution in [3.63, 3.8) is 0 Å². The number of halogens is 1. The third kappa shape index (κ3) is 3.81. The van der Waals surface area contributed by atoms with Gasteiger partial charge in [-0.05, 0) is 30.7 Å². The quantitative estimate of drug-likeness (QED) is 0.903. The van der Waals surface area contributed by atoms with Crippen LogP contribution in [0.5, 0.6) is 5.75 Å². The predicted octanol–water partition coefficient (Wildman–Crippen LogP) is 2.18. The van der Waals surface area contributed by atoms with Crippen LogP contribution in [0.2, 0.25) is 0 Å². The van der Waals surface area contributed by atoms with E-state index >= 15 is 0 Å². The van der Waals surface area contributed by atoms with Crippen LogP contribution in [-0.4, -0.2) is 27.6 Å². The molecule has 0 bridgehead atoms. The molecule has 6 heteroatoms. The van der Waals surface area contributed by atoms with E-state index in [0.29, 0.717) is 5.75 Å². The molecule has 2 unspecified atom stereocenters. The molecule has 0 aromatic heterocycles. The maximum absolute atomic E-state index is 11.8. The molecule has 0 amide bonds. The molecule has 0 aliphatic carbocycles. The molecule has 0 saturated heterocycles. The summed E-state index contributed by atoms with van der Waals surface area (Å²) in [5, 5.41) is 7.89. The van der Waals surface area contributed by atoms with Crippen LogP contribution in [-0.2, 0) is 21.3 Å². The summed E-state index contributed by atoms with van der Waals surface area (Å²) in [7, 11) is 0.0940. The molecule has 94 valence electrons. The Balaban J connectivity index is 2.87. The zero-order chi connectivity index (χ0) is 13.0. The van der Waals surface area contributed by atoms with Gasteiger partial charge in [0.2, 0.25) is 0 Å². The first kappa shape index (κ1) is 14.2. The van der Waals surface area contributed by atoms with Crippen LogP contribution in [0.3, 0.4) is 0 Å². The first-order valence-electron chi connectivity index (χ1n) is 4.88. The van der Waals surface area contributed by atoms with Gasteiger partial charge < -0.3 is 9.84 Å². The van der Waals surface area contributed by atoms with Crippen LogP contribution in [0, 0.1) is 0 Å². The monoisotopic (exact) mass is 320 g/mol. The van der Waals surface area contributed by atoms with Crippen molar-refractivity contribution in [1.82, 2.24) is 0 Å². The predicted molar refractivity (Wildman–Crippen MR) is 69.6 cm³/mol. The number of rotatable bonds is 5. The Morgan fingerprint density at radius 1 is 1.59 bits per heavy atom. The molecule has 0 fully saturated rings. The molecule has 4 nitrogen and oxygen atoms in total. The molecule has 0 radical (unpaired) electrons. The number of hydrogen-bond acceptors (Lipinski definition) is 3. The van der Waals surface area contributed by atoms with Crippen molar-refractivity contribution in [1.29, 1.82) is 0 Å². The van der Waals surface area contributed by atoms with Gasteiger partial charge in [0, 0.05) is 15.3 Å². The molecule has 1 rings (SSSR count). The van der Waals surface area contributed by atoms with E-state index in [2.05, 4.69) is 15.9 Å². The number of carbonyl (C=O) groups is 1. The van der Waals surface area contributed by atoms with Gasteiger partial charge in [0.05, 0.1) is 12.9 Å². The second kappa shape index (κ2) is 6.16. The van der Waals surface area contributed by atoms with E-state index in [-0.39, 0.29) is 5.75 Å². The Labute approximate surface area is 111 Å². The molecule has 0 heterocycles. The third-order valence-electron chi connectivity index (χ3n) is 2.29. The van der Waals surface area contributed by atoms with Gasteiger partial charge in [-0.2, -0.15) is 0 Å². The van der Waals surface area contributed by atoms with E-state index in [4.69, 9.17) is 9.84 Å². The van der Waals surface area contributed by atoms with Crippen LogP contribution >= 0.6 is 15.9 Å². The fraction of sp³-hybridized carbons (Fsp3) is 0.364. The van der Waals surface area contributed by atoms with Crippen molar-refractivity contribution in [3.8, 4) is 5.75 Å². The van der Waals surface area contributed by atoms with E-state index in [1.165, 1.54) is 6.92 Å². The Hall–Kier alpha value is -0.880. The molecule has 2 atom stereocenters. The number of hydrogen-bond donors (Lipinski definition) is 1. The van der Waals surface area contributed by atoms with Crippen molar-refractivity contribution in [3.05, 3.63) is 28.2 Å². The van der Waals surface area contributed by atoms with Crippen molar-refractivity contribution in [2.45, 2.75) is 17.9 Å². The highest BCUT2D eigenvalue weighted by molar-refractivity contribution is 9.10. The van der Waals surface area contributed by atoms with Crippen molar-refractivity contribution < 1.29 is 18.8 Å². The summed E-state index contributed by atoms with van der Waals surface area (Å²) < 4.78 is 17.6. The van der Waals surface area contributed by atoms with Gasteiger partial charge in [0.1, 0.15) is 11.0 Å². The summed E-state index contributed by atoms with van der Waals surface area (Å²) in [4.78, 5) is 10.7. The second-order valence-corrected chi connectivity index (χ2v) is 6.07. The summed E-state index contributed by atoms with van der Waals surface area (Å²) in [6.45, 7) is 1.44. The minimum absolute atomic E-state index is 0.186. The highest BCUT2D eigenvalue weighted by Gasteiger charge is 2.20. The van der Waals surface area contributed by atoms with Gasteiger partial charge in [-0.15, -0.1) is 0 Å². The number of methoxy groups -OCH3 is 1. The number of aliphatic carboxylic acids is 1. The minimum Gasteiger partial charge on any atom is -0.497 e. The average Bonchev–Trinajstić information content (AvgIpc) is 2.30. The Kier molecular flexibility index (Phi) is 5.14. The van der Waals surface area contributed by atoms with E-state index in [9.17, 15) is 9.00 Å². The van der Waals surface area contributed by atoms with Gasteiger partial charge in [-0.3, -0.25) is 9.00 Å². The molecule has 1 aromatic carbocycles. The van der Waals surface area contributed by atoms with Gasteiger partial charge in [-0.1, -0.05) is 15.9 Å². The normalized spacial score (nSPS) is 14.1. The molecule has 0 spiro atoms. The van der Waals surface area contributed by atoms with Crippen molar-refractivity contribution in [2.75, 3.05) is 7.11 Å². The van der Waals surface area contributed by atoms with Crippen LogP contribution in [0.4, 0.5) is 0 Å². The number of carboxylic acids is 1. The van der Waals surface area contributed by atoms with Gasteiger partial charge in [0.25, 0.3) is 0 Å². The molecule has 0 saturated carbocycles. The number of ether oxygens (including phenoxy) is 1. The number of carboxylic acid groups (broad SMARTS) is 1. The zero-order valence-corrected chi connectivity index (χ0v) is 11.9.